The first-order valence-electron chi connectivity index (χ1n) is 6.49. The quantitative estimate of drug-likeness (QED) is 0.907. The van der Waals surface area contributed by atoms with Crippen LogP contribution in [0.15, 0.2) is 12.3 Å². The lowest BCUT2D eigenvalue weighted by Crippen LogP contribution is -2.52. The van der Waals surface area contributed by atoms with Crippen LogP contribution in [-0.2, 0) is 6.54 Å². The van der Waals surface area contributed by atoms with Gasteiger partial charge in [-0.05, 0) is 25.1 Å². The molecule has 1 aliphatic heterocycles. The SMILES string of the molecule is CCN1CCN(c2ncc(CN)cc2Cl)CC1C. The normalized spacial score (nSPS) is 21.3. The van der Waals surface area contributed by atoms with Crippen LogP contribution in [0.25, 0.3) is 0 Å². The van der Waals surface area contributed by atoms with Crippen molar-refractivity contribution in [3.63, 3.8) is 0 Å². The van der Waals surface area contributed by atoms with E-state index < -0.39 is 0 Å². The van der Waals surface area contributed by atoms with E-state index in [1.807, 2.05) is 12.3 Å². The van der Waals surface area contributed by atoms with Crippen molar-refractivity contribution in [1.82, 2.24) is 9.88 Å². The molecule has 0 radical (unpaired) electrons. The lowest BCUT2D eigenvalue weighted by atomic mass is 10.2. The summed E-state index contributed by atoms with van der Waals surface area (Å²) in [6, 6.07) is 2.46. The molecule has 1 atom stereocenters. The number of nitrogens with zero attached hydrogens (tertiary/aromatic N) is 3. The molecule has 0 spiro atoms. The van der Waals surface area contributed by atoms with Crippen molar-refractivity contribution in [2.45, 2.75) is 26.4 Å². The van der Waals surface area contributed by atoms with E-state index in [1.54, 1.807) is 0 Å². The molecule has 0 bridgehead atoms. The number of piperazine rings is 1. The molecule has 2 rings (SSSR count). The van der Waals surface area contributed by atoms with Crippen LogP contribution in [0.4, 0.5) is 5.82 Å². The minimum Gasteiger partial charge on any atom is -0.353 e. The zero-order chi connectivity index (χ0) is 13.1. The number of rotatable bonds is 3. The molecule has 18 heavy (non-hydrogen) atoms. The first-order chi connectivity index (χ1) is 8.65. The van der Waals surface area contributed by atoms with Crippen LogP contribution in [0.1, 0.15) is 19.4 Å². The molecule has 0 aromatic carbocycles. The van der Waals surface area contributed by atoms with Gasteiger partial charge in [0.25, 0.3) is 0 Å². The van der Waals surface area contributed by atoms with Crippen molar-refractivity contribution in [3.8, 4) is 0 Å². The average molecular weight is 269 g/mol. The summed E-state index contributed by atoms with van der Waals surface area (Å²) in [7, 11) is 0. The molecule has 5 heteroatoms. The Balaban J connectivity index is 2.13. The number of likely N-dealkylation sites (N-methyl/N-ethyl adjacent to an activating group) is 1. The molecule has 0 amide bonds. The molecule has 0 aliphatic carbocycles. The maximum Gasteiger partial charge on any atom is 0.147 e. The minimum atomic E-state index is 0.479. The molecule has 1 saturated heterocycles. The Morgan fingerprint density at radius 2 is 2.28 bits per heavy atom. The van der Waals surface area contributed by atoms with Gasteiger partial charge >= 0.3 is 0 Å². The lowest BCUT2D eigenvalue weighted by Gasteiger charge is -2.40. The van der Waals surface area contributed by atoms with E-state index in [9.17, 15) is 0 Å². The highest BCUT2D eigenvalue weighted by atomic mass is 35.5. The highest BCUT2D eigenvalue weighted by Crippen LogP contribution is 2.26. The average Bonchev–Trinajstić information content (AvgIpc) is 2.38. The van der Waals surface area contributed by atoms with Gasteiger partial charge in [-0.25, -0.2) is 4.98 Å². The summed E-state index contributed by atoms with van der Waals surface area (Å²) in [5.74, 6) is 0.886. The lowest BCUT2D eigenvalue weighted by molar-refractivity contribution is 0.199. The predicted octanol–water partition coefficient (Wildman–Crippen LogP) is 1.72. The van der Waals surface area contributed by atoms with Crippen LogP contribution in [-0.4, -0.2) is 42.1 Å². The molecule has 1 fully saturated rings. The fourth-order valence-electron chi connectivity index (χ4n) is 2.47. The van der Waals surface area contributed by atoms with Gasteiger partial charge in [-0.15, -0.1) is 0 Å². The van der Waals surface area contributed by atoms with E-state index in [4.69, 9.17) is 17.3 Å². The third-order valence-corrected chi connectivity index (χ3v) is 3.86. The molecule has 1 aromatic heterocycles. The molecular weight excluding hydrogens is 248 g/mol. The van der Waals surface area contributed by atoms with Crippen LogP contribution in [0, 0.1) is 0 Å². The number of hydrogen-bond donors (Lipinski definition) is 1. The summed E-state index contributed by atoms with van der Waals surface area (Å²) in [5, 5.41) is 0.704. The van der Waals surface area contributed by atoms with Crippen molar-refractivity contribution >= 4 is 17.4 Å². The topological polar surface area (TPSA) is 45.4 Å². The van der Waals surface area contributed by atoms with E-state index in [2.05, 4.69) is 28.6 Å². The van der Waals surface area contributed by atoms with Crippen molar-refractivity contribution in [3.05, 3.63) is 22.8 Å². The molecule has 0 saturated carbocycles. The van der Waals surface area contributed by atoms with Gasteiger partial charge in [0.05, 0.1) is 5.02 Å². The van der Waals surface area contributed by atoms with Gasteiger partial charge in [0.1, 0.15) is 5.82 Å². The van der Waals surface area contributed by atoms with Gasteiger partial charge in [-0.1, -0.05) is 18.5 Å². The number of aromatic nitrogens is 1. The summed E-state index contributed by atoms with van der Waals surface area (Å²) in [6.07, 6.45) is 1.82. The van der Waals surface area contributed by atoms with Crippen molar-refractivity contribution in [2.24, 2.45) is 5.73 Å². The van der Waals surface area contributed by atoms with Gasteiger partial charge in [-0.2, -0.15) is 0 Å². The van der Waals surface area contributed by atoms with Crippen molar-refractivity contribution in [1.29, 1.82) is 0 Å². The highest BCUT2D eigenvalue weighted by molar-refractivity contribution is 6.33. The second kappa shape index (κ2) is 5.87. The minimum absolute atomic E-state index is 0.479. The number of halogens is 1. The van der Waals surface area contributed by atoms with Crippen molar-refractivity contribution in [2.75, 3.05) is 31.1 Å². The Kier molecular flexibility index (Phi) is 4.43. The van der Waals surface area contributed by atoms with E-state index >= 15 is 0 Å². The van der Waals surface area contributed by atoms with Crippen LogP contribution in [0.3, 0.4) is 0 Å². The number of hydrogen-bond acceptors (Lipinski definition) is 4. The monoisotopic (exact) mass is 268 g/mol. The largest absolute Gasteiger partial charge is 0.353 e. The third-order valence-electron chi connectivity index (χ3n) is 3.58. The van der Waals surface area contributed by atoms with E-state index in [1.165, 1.54) is 0 Å². The Labute approximate surface area is 114 Å². The third kappa shape index (κ3) is 2.76. The zero-order valence-corrected chi connectivity index (χ0v) is 11.8. The summed E-state index contributed by atoms with van der Waals surface area (Å²) in [5.41, 5.74) is 6.56. The second-order valence-corrected chi connectivity index (χ2v) is 5.18. The molecule has 4 nitrogen and oxygen atoms in total. The Hall–Kier alpha value is -0.840. The van der Waals surface area contributed by atoms with Gasteiger partial charge in [0.15, 0.2) is 0 Å². The van der Waals surface area contributed by atoms with E-state index in [0.29, 0.717) is 17.6 Å². The second-order valence-electron chi connectivity index (χ2n) is 4.78. The molecule has 2 heterocycles. The Bertz CT molecular complexity index is 410. The van der Waals surface area contributed by atoms with Gasteiger partial charge in [0.2, 0.25) is 0 Å². The highest BCUT2D eigenvalue weighted by Gasteiger charge is 2.24. The first kappa shape index (κ1) is 13.6. The first-order valence-corrected chi connectivity index (χ1v) is 6.87. The molecular formula is C13H21ClN4. The molecule has 1 unspecified atom stereocenters. The fourth-order valence-corrected chi connectivity index (χ4v) is 2.78. The number of nitrogens with two attached hydrogens (primary N) is 1. The summed E-state index contributed by atoms with van der Waals surface area (Å²) in [6.45, 7) is 9.05. The molecule has 1 aromatic rings. The number of pyridine rings is 1. The van der Waals surface area contributed by atoms with Crippen LogP contribution < -0.4 is 10.6 Å². The van der Waals surface area contributed by atoms with Gasteiger partial charge in [0, 0.05) is 38.4 Å². The maximum absolute atomic E-state index is 6.29. The molecule has 2 N–H and O–H groups in total. The maximum atomic E-state index is 6.29. The fraction of sp³-hybridized carbons (Fsp3) is 0.615. The van der Waals surface area contributed by atoms with Gasteiger partial charge in [-0.3, -0.25) is 4.90 Å². The van der Waals surface area contributed by atoms with Crippen LogP contribution in [0.2, 0.25) is 5.02 Å². The molecule has 100 valence electrons. The molecule has 1 aliphatic rings. The van der Waals surface area contributed by atoms with Crippen LogP contribution in [0.5, 0.6) is 0 Å². The summed E-state index contributed by atoms with van der Waals surface area (Å²) in [4.78, 5) is 9.19. The summed E-state index contributed by atoms with van der Waals surface area (Å²) < 4.78 is 0. The van der Waals surface area contributed by atoms with Gasteiger partial charge < -0.3 is 10.6 Å². The number of anilines is 1. The smallest absolute Gasteiger partial charge is 0.147 e. The zero-order valence-electron chi connectivity index (χ0n) is 11.1. The predicted molar refractivity (Wildman–Crippen MR) is 76.1 cm³/mol. The van der Waals surface area contributed by atoms with Crippen molar-refractivity contribution < 1.29 is 0 Å². The van der Waals surface area contributed by atoms with Crippen LogP contribution >= 0.6 is 11.6 Å². The Morgan fingerprint density at radius 1 is 1.50 bits per heavy atom. The summed E-state index contributed by atoms with van der Waals surface area (Å²) >= 11 is 6.29. The van der Waals surface area contributed by atoms with E-state index in [-0.39, 0.29) is 0 Å². The Morgan fingerprint density at radius 3 is 2.83 bits per heavy atom. The standard InChI is InChI=1S/C13H21ClN4/c1-3-17-4-5-18(9-10(17)2)13-12(14)6-11(7-15)8-16-13/h6,8,10H,3-5,7,9,15H2,1-2H3. The van der Waals surface area contributed by atoms with E-state index in [0.717, 1.165) is 37.6 Å².